The SMILES string of the molecule is CC(C)(C#N)CCCNc1ccc(F)cc1. The van der Waals surface area contributed by atoms with E-state index in [1.165, 1.54) is 12.1 Å². The minimum absolute atomic E-state index is 0.226. The van der Waals surface area contributed by atoms with E-state index in [1.54, 1.807) is 12.1 Å². The van der Waals surface area contributed by atoms with Crippen molar-refractivity contribution in [1.82, 2.24) is 0 Å². The van der Waals surface area contributed by atoms with Crippen LogP contribution < -0.4 is 5.32 Å². The Balaban J connectivity index is 2.27. The Hall–Kier alpha value is -1.56. The van der Waals surface area contributed by atoms with Crippen LogP contribution in [0.1, 0.15) is 26.7 Å². The Bertz CT molecular complexity index is 363. The molecule has 0 fully saturated rings. The molecule has 1 aromatic rings. The van der Waals surface area contributed by atoms with Gasteiger partial charge in [-0.3, -0.25) is 0 Å². The molecule has 0 unspecified atom stereocenters. The van der Waals surface area contributed by atoms with Crippen LogP contribution in [0.2, 0.25) is 0 Å². The molecule has 0 bridgehead atoms. The summed E-state index contributed by atoms with van der Waals surface area (Å²) in [5.41, 5.74) is 0.654. The van der Waals surface area contributed by atoms with Crippen molar-refractivity contribution in [3.05, 3.63) is 30.1 Å². The maximum atomic E-state index is 12.6. The molecule has 0 amide bonds. The van der Waals surface area contributed by atoms with E-state index in [4.69, 9.17) is 5.26 Å². The van der Waals surface area contributed by atoms with Crippen LogP contribution in [0.3, 0.4) is 0 Å². The van der Waals surface area contributed by atoms with Crippen molar-refractivity contribution in [2.45, 2.75) is 26.7 Å². The maximum Gasteiger partial charge on any atom is 0.123 e. The van der Waals surface area contributed by atoms with Crippen molar-refractivity contribution < 1.29 is 4.39 Å². The summed E-state index contributed by atoms with van der Waals surface area (Å²) in [7, 11) is 0. The molecule has 1 N–H and O–H groups in total. The minimum atomic E-state index is -0.259. The number of nitriles is 1. The highest BCUT2D eigenvalue weighted by atomic mass is 19.1. The highest BCUT2D eigenvalue weighted by Crippen LogP contribution is 2.20. The summed E-state index contributed by atoms with van der Waals surface area (Å²) in [5.74, 6) is -0.226. The average molecular weight is 220 g/mol. The summed E-state index contributed by atoms with van der Waals surface area (Å²) < 4.78 is 12.6. The predicted molar refractivity (Wildman–Crippen MR) is 63.5 cm³/mol. The molecule has 0 radical (unpaired) electrons. The Morgan fingerprint density at radius 2 is 1.94 bits per heavy atom. The predicted octanol–water partition coefficient (Wildman–Crippen LogP) is 3.57. The second-order valence-corrected chi connectivity index (χ2v) is 4.53. The van der Waals surface area contributed by atoms with E-state index in [0.29, 0.717) is 0 Å². The highest BCUT2D eigenvalue weighted by Gasteiger charge is 2.15. The molecule has 16 heavy (non-hydrogen) atoms. The van der Waals surface area contributed by atoms with Gasteiger partial charge < -0.3 is 5.32 Å². The fourth-order valence-corrected chi connectivity index (χ4v) is 1.39. The molecule has 0 atom stereocenters. The number of hydrogen-bond acceptors (Lipinski definition) is 2. The van der Waals surface area contributed by atoms with Gasteiger partial charge in [0.15, 0.2) is 0 Å². The molecule has 0 aliphatic carbocycles. The first-order valence-corrected chi connectivity index (χ1v) is 5.44. The number of nitrogens with one attached hydrogen (secondary N) is 1. The summed E-state index contributed by atoms with van der Waals surface area (Å²) in [4.78, 5) is 0. The van der Waals surface area contributed by atoms with E-state index in [1.807, 2.05) is 13.8 Å². The van der Waals surface area contributed by atoms with Crippen LogP contribution in [0.4, 0.5) is 10.1 Å². The van der Waals surface area contributed by atoms with E-state index >= 15 is 0 Å². The molecule has 86 valence electrons. The molecule has 2 nitrogen and oxygen atoms in total. The maximum absolute atomic E-state index is 12.6. The van der Waals surface area contributed by atoms with Crippen molar-refractivity contribution in [1.29, 1.82) is 5.26 Å². The minimum Gasteiger partial charge on any atom is -0.385 e. The lowest BCUT2D eigenvalue weighted by Crippen LogP contribution is -2.11. The number of nitrogens with zero attached hydrogens (tertiary/aromatic N) is 1. The fourth-order valence-electron chi connectivity index (χ4n) is 1.39. The van der Waals surface area contributed by atoms with Gasteiger partial charge in [-0.25, -0.2) is 4.39 Å². The molecular weight excluding hydrogens is 203 g/mol. The molecule has 1 rings (SSSR count). The summed E-state index contributed by atoms with van der Waals surface area (Å²) >= 11 is 0. The zero-order chi connectivity index (χ0) is 12.0. The summed E-state index contributed by atoms with van der Waals surface area (Å²) in [6, 6.07) is 8.56. The molecule has 0 aliphatic heterocycles. The van der Waals surface area contributed by atoms with Crippen LogP contribution in [-0.4, -0.2) is 6.54 Å². The van der Waals surface area contributed by atoms with Gasteiger partial charge in [-0.15, -0.1) is 0 Å². The molecule has 0 heterocycles. The normalized spacial score (nSPS) is 10.9. The quantitative estimate of drug-likeness (QED) is 0.770. The zero-order valence-electron chi connectivity index (χ0n) is 9.76. The lowest BCUT2D eigenvalue weighted by molar-refractivity contribution is 0.441. The molecule has 0 saturated heterocycles. The highest BCUT2D eigenvalue weighted by molar-refractivity contribution is 5.42. The summed E-state index contributed by atoms with van der Waals surface area (Å²) in [6.07, 6.45) is 1.79. The Labute approximate surface area is 96.1 Å². The third kappa shape index (κ3) is 4.31. The van der Waals surface area contributed by atoms with Gasteiger partial charge in [0.1, 0.15) is 5.82 Å². The molecule has 1 aromatic carbocycles. The van der Waals surface area contributed by atoms with Gasteiger partial charge in [0.25, 0.3) is 0 Å². The first-order chi connectivity index (χ1) is 7.53. The van der Waals surface area contributed by atoms with Crippen LogP contribution >= 0.6 is 0 Å². The molecule has 0 saturated carbocycles. The standard InChI is InChI=1S/C13H17FN2/c1-13(2,10-15)8-3-9-16-12-6-4-11(14)5-7-12/h4-7,16H,3,8-9H2,1-2H3. The Kier molecular flexibility index (Phi) is 4.30. The number of hydrogen-bond donors (Lipinski definition) is 1. The number of anilines is 1. The second kappa shape index (κ2) is 5.50. The van der Waals surface area contributed by atoms with Crippen molar-refractivity contribution in [2.24, 2.45) is 5.41 Å². The zero-order valence-corrected chi connectivity index (χ0v) is 9.76. The van der Waals surface area contributed by atoms with Gasteiger partial charge >= 0.3 is 0 Å². The van der Waals surface area contributed by atoms with E-state index in [9.17, 15) is 4.39 Å². The van der Waals surface area contributed by atoms with Gasteiger partial charge in [-0.05, 0) is 51.0 Å². The monoisotopic (exact) mass is 220 g/mol. The molecular formula is C13H17FN2. The van der Waals surface area contributed by atoms with Gasteiger partial charge in [-0.2, -0.15) is 5.26 Å². The van der Waals surface area contributed by atoms with E-state index in [-0.39, 0.29) is 11.2 Å². The Morgan fingerprint density at radius 1 is 1.31 bits per heavy atom. The van der Waals surface area contributed by atoms with E-state index in [2.05, 4.69) is 11.4 Å². The summed E-state index contributed by atoms with van der Waals surface area (Å²) in [5, 5.41) is 12.0. The van der Waals surface area contributed by atoms with Crippen LogP contribution in [0, 0.1) is 22.6 Å². The van der Waals surface area contributed by atoms with Crippen LogP contribution in [-0.2, 0) is 0 Å². The molecule has 0 aromatic heterocycles. The second-order valence-electron chi connectivity index (χ2n) is 4.53. The van der Waals surface area contributed by atoms with Crippen molar-refractivity contribution >= 4 is 5.69 Å². The third-order valence-corrected chi connectivity index (χ3v) is 2.45. The van der Waals surface area contributed by atoms with Gasteiger partial charge in [0.05, 0.1) is 11.5 Å². The van der Waals surface area contributed by atoms with Crippen LogP contribution in [0.25, 0.3) is 0 Å². The largest absolute Gasteiger partial charge is 0.385 e. The smallest absolute Gasteiger partial charge is 0.123 e. The average Bonchev–Trinajstić information content (AvgIpc) is 2.27. The summed E-state index contributed by atoms with van der Waals surface area (Å²) in [6.45, 7) is 4.67. The number of rotatable bonds is 5. The van der Waals surface area contributed by atoms with Gasteiger partial charge in [-0.1, -0.05) is 0 Å². The lowest BCUT2D eigenvalue weighted by Gasteiger charge is -2.14. The molecule has 0 spiro atoms. The van der Waals surface area contributed by atoms with Crippen molar-refractivity contribution in [2.75, 3.05) is 11.9 Å². The first-order valence-electron chi connectivity index (χ1n) is 5.44. The van der Waals surface area contributed by atoms with Crippen molar-refractivity contribution in [3.63, 3.8) is 0 Å². The van der Waals surface area contributed by atoms with E-state index < -0.39 is 0 Å². The van der Waals surface area contributed by atoms with Crippen LogP contribution in [0.15, 0.2) is 24.3 Å². The topological polar surface area (TPSA) is 35.8 Å². The van der Waals surface area contributed by atoms with E-state index in [0.717, 1.165) is 25.1 Å². The number of benzene rings is 1. The van der Waals surface area contributed by atoms with Gasteiger partial charge in [0.2, 0.25) is 0 Å². The molecule has 0 aliphatic rings. The van der Waals surface area contributed by atoms with Crippen LogP contribution in [0.5, 0.6) is 0 Å². The Morgan fingerprint density at radius 3 is 2.50 bits per heavy atom. The fraction of sp³-hybridized carbons (Fsp3) is 0.462. The van der Waals surface area contributed by atoms with Gasteiger partial charge in [0, 0.05) is 12.2 Å². The third-order valence-electron chi connectivity index (χ3n) is 2.45. The lowest BCUT2D eigenvalue weighted by atomic mass is 9.90. The first kappa shape index (κ1) is 12.5. The number of halogens is 1. The van der Waals surface area contributed by atoms with Crippen molar-refractivity contribution in [3.8, 4) is 6.07 Å². The molecule has 3 heteroatoms.